The molecule has 2 saturated heterocycles. The highest BCUT2D eigenvalue weighted by atomic mass is 35.5. The maximum absolute atomic E-state index is 11.4. The zero-order chi connectivity index (χ0) is 10.8. The van der Waals surface area contributed by atoms with E-state index < -0.39 is 0 Å². The molecule has 2 aliphatic heterocycles. The van der Waals surface area contributed by atoms with Gasteiger partial charge in [0.1, 0.15) is 6.10 Å². The number of ether oxygens (including phenoxy) is 1. The lowest BCUT2D eigenvalue weighted by atomic mass is 9.88. The van der Waals surface area contributed by atoms with E-state index in [0.29, 0.717) is 0 Å². The SMILES string of the molecule is CN(C)C(=O)OC1CC2CCCN(C2)C1.Cl. The first-order valence-electron chi connectivity index (χ1n) is 5.75. The van der Waals surface area contributed by atoms with E-state index >= 15 is 0 Å². The van der Waals surface area contributed by atoms with Gasteiger partial charge in [0.2, 0.25) is 0 Å². The molecule has 0 aliphatic carbocycles. The fraction of sp³-hybridized carbons (Fsp3) is 0.909. The van der Waals surface area contributed by atoms with Crippen molar-refractivity contribution in [2.75, 3.05) is 33.7 Å². The molecule has 2 aliphatic rings. The van der Waals surface area contributed by atoms with Crippen LogP contribution >= 0.6 is 12.4 Å². The maximum Gasteiger partial charge on any atom is 0.409 e. The van der Waals surface area contributed by atoms with Crippen molar-refractivity contribution in [3.63, 3.8) is 0 Å². The summed E-state index contributed by atoms with van der Waals surface area (Å²) in [7, 11) is 3.46. The summed E-state index contributed by atoms with van der Waals surface area (Å²) in [4.78, 5) is 15.3. The first-order chi connectivity index (χ1) is 7.15. The molecule has 0 saturated carbocycles. The molecule has 2 bridgehead atoms. The third kappa shape index (κ3) is 3.25. The molecule has 2 rings (SSSR count). The van der Waals surface area contributed by atoms with Gasteiger partial charge >= 0.3 is 6.09 Å². The van der Waals surface area contributed by atoms with Crippen LogP contribution in [0.3, 0.4) is 0 Å². The van der Waals surface area contributed by atoms with Crippen molar-refractivity contribution >= 4 is 18.5 Å². The Labute approximate surface area is 103 Å². The molecule has 3 unspecified atom stereocenters. The van der Waals surface area contributed by atoms with E-state index in [1.54, 1.807) is 14.1 Å². The zero-order valence-corrected chi connectivity index (χ0v) is 10.8. The number of fused-ring (bicyclic) bond motifs is 2. The second-order valence-corrected chi connectivity index (χ2v) is 4.90. The van der Waals surface area contributed by atoms with Gasteiger partial charge in [0.15, 0.2) is 0 Å². The Morgan fingerprint density at radius 2 is 2.12 bits per heavy atom. The average molecular weight is 249 g/mol. The van der Waals surface area contributed by atoms with Crippen LogP contribution in [-0.2, 0) is 4.74 Å². The standard InChI is InChI=1S/C11H20N2O2.ClH/c1-12(2)11(14)15-10-6-9-4-3-5-13(7-9)8-10;/h9-10H,3-8H2,1-2H3;1H. The molecule has 0 N–H and O–H groups in total. The van der Waals surface area contributed by atoms with Gasteiger partial charge in [0.05, 0.1) is 0 Å². The fourth-order valence-corrected chi connectivity index (χ4v) is 2.58. The monoisotopic (exact) mass is 248 g/mol. The Morgan fingerprint density at radius 1 is 1.38 bits per heavy atom. The van der Waals surface area contributed by atoms with E-state index in [0.717, 1.165) is 18.9 Å². The minimum Gasteiger partial charge on any atom is -0.445 e. The highest BCUT2D eigenvalue weighted by Crippen LogP contribution is 2.27. The number of rotatable bonds is 1. The van der Waals surface area contributed by atoms with Gasteiger partial charge in [-0.2, -0.15) is 0 Å². The molecule has 2 fully saturated rings. The molecular weight excluding hydrogens is 228 g/mol. The summed E-state index contributed by atoms with van der Waals surface area (Å²) in [6.07, 6.45) is 3.56. The second-order valence-electron chi connectivity index (χ2n) is 4.90. The van der Waals surface area contributed by atoms with Gasteiger partial charge in [0, 0.05) is 27.2 Å². The molecule has 0 aromatic rings. The van der Waals surface area contributed by atoms with Gasteiger partial charge in [0.25, 0.3) is 0 Å². The molecule has 0 spiro atoms. The van der Waals surface area contributed by atoms with Crippen LogP contribution in [-0.4, -0.2) is 55.7 Å². The summed E-state index contributed by atoms with van der Waals surface area (Å²) in [6.45, 7) is 3.30. The number of hydrogen-bond acceptors (Lipinski definition) is 3. The number of hydrogen-bond donors (Lipinski definition) is 0. The summed E-state index contributed by atoms with van der Waals surface area (Å²) in [5, 5.41) is 0. The van der Waals surface area contributed by atoms with Gasteiger partial charge in [-0.25, -0.2) is 4.79 Å². The smallest absolute Gasteiger partial charge is 0.409 e. The minimum atomic E-state index is -0.207. The zero-order valence-electron chi connectivity index (χ0n) is 10.0. The number of piperidine rings is 2. The first-order valence-corrected chi connectivity index (χ1v) is 5.75. The predicted octanol–water partition coefficient (Wildman–Crippen LogP) is 1.59. The second kappa shape index (κ2) is 5.73. The van der Waals surface area contributed by atoms with E-state index in [2.05, 4.69) is 4.90 Å². The molecule has 0 radical (unpaired) electrons. The van der Waals surface area contributed by atoms with Crippen molar-refractivity contribution < 1.29 is 9.53 Å². The number of nitrogens with zero attached hydrogens (tertiary/aromatic N) is 2. The van der Waals surface area contributed by atoms with Gasteiger partial charge in [-0.3, -0.25) is 4.90 Å². The molecule has 2 heterocycles. The van der Waals surface area contributed by atoms with E-state index in [-0.39, 0.29) is 24.6 Å². The quantitative estimate of drug-likeness (QED) is 0.707. The summed E-state index contributed by atoms with van der Waals surface area (Å²) in [6, 6.07) is 0. The van der Waals surface area contributed by atoms with Gasteiger partial charge in [-0.1, -0.05) is 0 Å². The van der Waals surface area contributed by atoms with Crippen LogP contribution in [0.2, 0.25) is 0 Å². The Bertz CT molecular complexity index is 236. The largest absolute Gasteiger partial charge is 0.445 e. The number of amides is 1. The highest BCUT2D eigenvalue weighted by molar-refractivity contribution is 5.85. The number of carbonyl (C=O) groups excluding carboxylic acids is 1. The Morgan fingerprint density at radius 3 is 2.75 bits per heavy atom. The molecule has 94 valence electrons. The van der Waals surface area contributed by atoms with Crippen molar-refractivity contribution in [1.82, 2.24) is 9.80 Å². The molecule has 5 heteroatoms. The minimum absolute atomic E-state index is 0. The van der Waals surface area contributed by atoms with E-state index in [9.17, 15) is 4.79 Å². The van der Waals surface area contributed by atoms with Crippen molar-refractivity contribution in [3.05, 3.63) is 0 Å². The third-order valence-corrected chi connectivity index (χ3v) is 3.29. The summed E-state index contributed by atoms with van der Waals surface area (Å²) < 4.78 is 5.43. The molecule has 0 aromatic heterocycles. The summed E-state index contributed by atoms with van der Waals surface area (Å²) >= 11 is 0. The van der Waals surface area contributed by atoms with Crippen molar-refractivity contribution in [2.24, 2.45) is 5.92 Å². The van der Waals surface area contributed by atoms with Crippen molar-refractivity contribution in [1.29, 1.82) is 0 Å². The maximum atomic E-state index is 11.4. The third-order valence-electron chi connectivity index (χ3n) is 3.29. The van der Waals surface area contributed by atoms with Crippen molar-refractivity contribution in [2.45, 2.75) is 25.4 Å². The number of carbonyl (C=O) groups is 1. The molecule has 0 aromatic carbocycles. The van der Waals surface area contributed by atoms with Crippen LogP contribution in [0.1, 0.15) is 19.3 Å². The Hall–Kier alpha value is -0.480. The topological polar surface area (TPSA) is 32.8 Å². The van der Waals surface area contributed by atoms with Crippen LogP contribution in [0.15, 0.2) is 0 Å². The highest BCUT2D eigenvalue weighted by Gasteiger charge is 2.32. The van der Waals surface area contributed by atoms with Gasteiger partial charge in [-0.15, -0.1) is 12.4 Å². The molecule has 3 atom stereocenters. The summed E-state index contributed by atoms with van der Waals surface area (Å²) in [5.74, 6) is 0.743. The van der Waals surface area contributed by atoms with Crippen LogP contribution in [0.5, 0.6) is 0 Å². The van der Waals surface area contributed by atoms with Crippen LogP contribution in [0, 0.1) is 5.92 Å². The van der Waals surface area contributed by atoms with E-state index in [4.69, 9.17) is 4.74 Å². The number of halogens is 1. The normalized spacial score (nSPS) is 32.5. The van der Waals surface area contributed by atoms with E-state index in [1.165, 1.54) is 30.8 Å². The lowest BCUT2D eigenvalue weighted by molar-refractivity contribution is -0.00668. The first kappa shape index (κ1) is 13.6. The molecular formula is C11H21ClN2O2. The van der Waals surface area contributed by atoms with Gasteiger partial charge < -0.3 is 9.64 Å². The van der Waals surface area contributed by atoms with Crippen LogP contribution in [0.25, 0.3) is 0 Å². The predicted molar refractivity (Wildman–Crippen MR) is 65.0 cm³/mol. The van der Waals surface area contributed by atoms with E-state index in [1.807, 2.05) is 0 Å². The van der Waals surface area contributed by atoms with Gasteiger partial charge in [-0.05, 0) is 31.7 Å². The molecule has 1 amide bonds. The van der Waals surface area contributed by atoms with Crippen LogP contribution in [0.4, 0.5) is 4.79 Å². The molecule has 16 heavy (non-hydrogen) atoms. The fourth-order valence-electron chi connectivity index (χ4n) is 2.58. The summed E-state index contributed by atoms with van der Waals surface area (Å²) in [5.41, 5.74) is 0. The lowest BCUT2D eigenvalue weighted by Gasteiger charge is -2.41. The van der Waals surface area contributed by atoms with Crippen molar-refractivity contribution in [3.8, 4) is 0 Å². The average Bonchev–Trinajstić information content (AvgIpc) is 2.16. The van der Waals surface area contributed by atoms with Crippen LogP contribution < -0.4 is 0 Å². The lowest BCUT2D eigenvalue weighted by Crippen LogP contribution is -2.48. The molecule has 4 nitrogen and oxygen atoms in total. The Kier molecular flexibility index (Phi) is 4.87. The Balaban J connectivity index is 0.00000128.